The van der Waals surface area contributed by atoms with Gasteiger partial charge in [-0.1, -0.05) is 0 Å². The molecule has 4 heterocycles. The van der Waals surface area contributed by atoms with Crippen LogP contribution in [0.5, 0.6) is 11.5 Å². The van der Waals surface area contributed by atoms with E-state index in [4.69, 9.17) is 9.47 Å². The molecule has 172 valence electrons. The maximum atomic E-state index is 13.0. The van der Waals surface area contributed by atoms with Crippen LogP contribution in [0.3, 0.4) is 0 Å². The van der Waals surface area contributed by atoms with Gasteiger partial charge in [0.2, 0.25) is 11.8 Å². The second-order valence-corrected chi connectivity index (χ2v) is 7.71. The molecule has 2 aliphatic heterocycles. The van der Waals surface area contributed by atoms with Crippen molar-refractivity contribution in [1.82, 2.24) is 19.9 Å². The fraction of sp³-hybridized carbons (Fsp3) is 0.333. The van der Waals surface area contributed by atoms with Gasteiger partial charge in [-0.2, -0.15) is 13.2 Å². The Morgan fingerprint density at radius 3 is 2.70 bits per heavy atom. The second kappa shape index (κ2) is 7.94. The summed E-state index contributed by atoms with van der Waals surface area (Å²) < 4.78 is 51.2. The first-order valence-electron chi connectivity index (χ1n) is 10.2. The van der Waals surface area contributed by atoms with Gasteiger partial charge in [-0.15, -0.1) is 10.2 Å². The molecule has 1 saturated heterocycles. The molecule has 12 heteroatoms. The molecule has 3 aromatic rings. The number of nitrogens with one attached hydrogen (secondary N) is 1. The monoisotopic (exact) mass is 461 g/mol. The molecule has 0 saturated carbocycles. The lowest BCUT2D eigenvalue weighted by Crippen LogP contribution is -2.33. The van der Waals surface area contributed by atoms with Gasteiger partial charge in [-0.3, -0.25) is 14.0 Å². The number of rotatable bonds is 4. The van der Waals surface area contributed by atoms with Crippen molar-refractivity contribution in [1.29, 1.82) is 0 Å². The maximum absolute atomic E-state index is 13.0. The van der Waals surface area contributed by atoms with E-state index in [1.807, 2.05) is 0 Å². The number of carbonyl (C=O) groups excluding carboxylic acids is 2. The highest BCUT2D eigenvalue weighted by atomic mass is 19.4. The molecule has 9 nitrogen and oxygen atoms in total. The van der Waals surface area contributed by atoms with Crippen LogP contribution in [0, 0.1) is 5.92 Å². The van der Waals surface area contributed by atoms with Gasteiger partial charge in [0.25, 0.3) is 0 Å². The van der Waals surface area contributed by atoms with Gasteiger partial charge in [0, 0.05) is 30.9 Å². The lowest BCUT2D eigenvalue weighted by molar-refractivity contribution is -0.138. The van der Waals surface area contributed by atoms with E-state index in [-0.39, 0.29) is 36.9 Å². The predicted molar refractivity (Wildman–Crippen MR) is 108 cm³/mol. The largest absolute Gasteiger partial charge is 0.486 e. The molecule has 0 bridgehead atoms. The Morgan fingerprint density at radius 1 is 1.12 bits per heavy atom. The minimum absolute atomic E-state index is 0.0130. The predicted octanol–water partition coefficient (Wildman–Crippen LogP) is 2.19. The van der Waals surface area contributed by atoms with Gasteiger partial charge in [0.1, 0.15) is 13.2 Å². The lowest BCUT2D eigenvalue weighted by atomic mass is 10.1. The Kier molecular flexibility index (Phi) is 5.06. The normalized spacial score (nSPS) is 18.1. The molecule has 1 atom stereocenters. The van der Waals surface area contributed by atoms with Crippen LogP contribution in [0.1, 0.15) is 17.8 Å². The van der Waals surface area contributed by atoms with Crippen LogP contribution in [0.15, 0.2) is 36.5 Å². The summed E-state index contributed by atoms with van der Waals surface area (Å²) in [6, 6.07) is 7.28. The van der Waals surface area contributed by atoms with Crippen LogP contribution >= 0.6 is 0 Å². The molecule has 1 fully saturated rings. The molecule has 0 radical (unpaired) electrons. The van der Waals surface area contributed by atoms with E-state index in [0.29, 0.717) is 30.4 Å². The molecule has 2 aliphatic rings. The Morgan fingerprint density at radius 2 is 1.91 bits per heavy atom. The molecule has 1 N–H and O–H groups in total. The topological polar surface area (TPSA) is 98.1 Å². The summed E-state index contributed by atoms with van der Waals surface area (Å²) in [5, 5.41) is 10.3. The molecule has 1 unspecified atom stereocenters. The number of hydrogen-bond acceptors (Lipinski definition) is 6. The zero-order valence-corrected chi connectivity index (χ0v) is 17.1. The van der Waals surface area contributed by atoms with E-state index in [1.54, 1.807) is 18.2 Å². The number of pyridine rings is 1. The van der Waals surface area contributed by atoms with Crippen molar-refractivity contribution in [2.75, 3.05) is 24.7 Å². The number of hydrogen-bond donors (Lipinski definition) is 1. The van der Waals surface area contributed by atoms with Crippen molar-refractivity contribution < 1.29 is 32.2 Å². The smallest absolute Gasteiger partial charge is 0.417 e. The van der Waals surface area contributed by atoms with Crippen molar-refractivity contribution in [3.8, 4) is 11.5 Å². The summed E-state index contributed by atoms with van der Waals surface area (Å²) in [6.45, 7) is 0.909. The van der Waals surface area contributed by atoms with E-state index in [2.05, 4.69) is 15.5 Å². The summed E-state index contributed by atoms with van der Waals surface area (Å²) in [7, 11) is 0. The van der Waals surface area contributed by atoms with Crippen LogP contribution in [0.4, 0.5) is 18.9 Å². The minimum atomic E-state index is -4.51. The van der Waals surface area contributed by atoms with E-state index >= 15 is 0 Å². The average Bonchev–Trinajstić information content (AvgIpc) is 3.39. The number of fused-ring (bicyclic) bond motifs is 2. The highest BCUT2D eigenvalue weighted by Crippen LogP contribution is 2.36. The van der Waals surface area contributed by atoms with Gasteiger partial charge in [0.05, 0.1) is 18.0 Å². The zero-order valence-electron chi connectivity index (χ0n) is 17.1. The van der Waals surface area contributed by atoms with Gasteiger partial charge < -0.3 is 19.7 Å². The van der Waals surface area contributed by atoms with Crippen molar-refractivity contribution in [3.63, 3.8) is 0 Å². The fourth-order valence-electron chi connectivity index (χ4n) is 3.87. The van der Waals surface area contributed by atoms with Crippen molar-refractivity contribution in [2.24, 2.45) is 5.92 Å². The molecular formula is C21H18F3N5O4. The molecule has 0 spiro atoms. The van der Waals surface area contributed by atoms with Gasteiger partial charge in [-0.25, -0.2) is 0 Å². The first-order chi connectivity index (χ1) is 15.8. The number of nitrogens with zero attached hydrogens (tertiary/aromatic N) is 4. The standard InChI is InChI=1S/C21H18F3N5O4/c22-21(23,24)13-1-4-17-26-27-18(29(17)11-13)9-25-20(31)12-7-19(30)28(10-12)14-2-3-15-16(8-14)33-6-5-32-15/h1-4,8,11-12H,5-7,9-10H2,(H,25,31). The highest BCUT2D eigenvalue weighted by molar-refractivity contribution is 6.00. The second-order valence-electron chi connectivity index (χ2n) is 7.71. The van der Waals surface area contributed by atoms with Gasteiger partial charge >= 0.3 is 6.18 Å². The SMILES string of the molecule is O=C(NCc1nnc2ccc(C(F)(F)F)cn12)C1CC(=O)N(c2ccc3c(c2)OCCO3)C1. The summed E-state index contributed by atoms with van der Waals surface area (Å²) in [5.74, 6) is 0.0614. The summed E-state index contributed by atoms with van der Waals surface area (Å²) in [4.78, 5) is 26.7. The van der Waals surface area contributed by atoms with E-state index in [9.17, 15) is 22.8 Å². The molecule has 33 heavy (non-hydrogen) atoms. The third-order valence-corrected chi connectivity index (χ3v) is 5.55. The van der Waals surface area contributed by atoms with Crippen LogP contribution in [-0.2, 0) is 22.3 Å². The number of amides is 2. The first kappa shape index (κ1) is 21.0. The van der Waals surface area contributed by atoms with E-state index in [0.717, 1.165) is 12.3 Å². The summed E-state index contributed by atoms with van der Waals surface area (Å²) in [5.41, 5.74) is -0.0189. The lowest BCUT2D eigenvalue weighted by Gasteiger charge is -2.22. The van der Waals surface area contributed by atoms with Crippen molar-refractivity contribution in [2.45, 2.75) is 19.1 Å². The number of benzene rings is 1. The number of halogens is 3. The zero-order chi connectivity index (χ0) is 23.2. The molecule has 2 amide bonds. The number of carbonyl (C=O) groups is 2. The number of ether oxygens (including phenoxy) is 2. The van der Waals surface area contributed by atoms with Crippen LogP contribution < -0.4 is 19.7 Å². The van der Waals surface area contributed by atoms with E-state index in [1.165, 1.54) is 15.4 Å². The Balaban J connectivity index is 1.26. The van der Waals surface area contributed by atoms with Crippen LogP contribution in [0.25, 0.3) is 5.65 Å². The molecule has 1 aromatic carbocycles. The molecular weight excluding hydrogens is 443 g/mol. The van der Waals surface area contributed by atoms with Crippen molar-refractivity contribution >= 4 is 23.1 Å². The third-order valence-electron chi connectivity index (χ3n) is 5.55. The van der Waals surface area contributed by atoms with Crippen LogP contribution in [0.2, 0.25) is 0 Å². The van der Waals surface area contributed by atoms with Crippen LogP contribution in [-0.4, -0.2) is 46.2 Å². The summed E-state index contributed by atoms with van der Waals surface area (Å²) in [6.07, 6.45) is -3.61. The molecule has 2 aromatic heterocycles. The maximum Gasteiger partial charge on any atom is 0.417 e. The highest BCUT2D eigenvalue weighted by Gasteiger charge is 2.36. The van der Waals surface area contributed by atoms with Gasteiger partial charge in [-0.05, 0) is 24.3 Å². The third kappa shape index (κ3) is 4.03. The quantitative estimate of drug-likeness (QED) is 0.640. The number of aromatic nitrogens is 3. The Hall–Kier alpha value is -3.83. The number of anilines is 1. The number of alkyl halides is 3. The van der Waals surface area contributed by atoms with E-state index < -0.39 is 23.6 Å². The van der Waals surface area contributed by atoms with Gasteiger partial charge in [0.15, 0.2) is 23.0 Å². The average molecular weight is 461 g/mol. The minimum Gasteiger partial charge on any atom is -0.486 e. The summed E-state index contributed by atoms with van der Waals surface area (Å²) >= 11 is 0. The Bertz CT molecular complexity index is 1240. The Labute approximate surface area is 185 Å². The molecule has 0 aliphatic carbocycles. The fourth-order valence-corrected chi connectivity index (χ4v) is 3.87. The van der Waals surface area contributed by atoms with Crippen molar-refractivity contribution in [3.05, 3.63) is 47.9 Å². The molecule has 5 rings (SSSR count). The first-order valence-corrected chi connectivity index (χ1v) is 10.2.